The lowest BCUT2D eigenvalue weighted by molar-refractivity contribution is -0.139. The van der Waals surface area contributed by atoms with Crippen molar-refractivity contribution in [3.05, 3.63) is 11.1 Å². The van der Waals surface area contributed by atoms with Gasteiger partial charge in [0, 0.05) is 11.8 Å². The molecule has 0 saturated carbocycles. The number of carbonyl (C=O) groups excluding carboxylic acids is 2. The molecule has 8 heteroatoms. The van der Waals surface area contributed by atoms with Gasteiger partial charge in [0.1, 0.15) is 11.7 Å². The Balaban J connectivity index is 2.64. The normalized spacial score (nSPS) is 12.0. The first-order chi connectivity index (χ1) is 9.83. The highest BCUT2D eigenvalue weighted by atomic mass is 32.1. The second-order valence-electron chi connectivity index (χ2n) is 4.96. The van der Waals surface area contributed by atoms with Crippen molar-refractivity contribution in [3.8, 4) is 0 Å². The molecular formula is C13H19N3O4S. The molecule has 1 aromatic rings. The van der Waals surface area contributed by atoms with E-state index in [9.17, 15) is 14.4 Å². The number of nitrogens with one attached hydrogen (secondary N) is 2. The van der Waals surface area contributed by atoms with Crippen molar-refractivity contribution in [3.63, 3.8) is 0 Å². The number of carboxylic acids is 1. The Labute approximate surface area is 126 Å². The van der Waals surface area contributed by atoms with Gasteiger partial charge < -0.3 is 15.7 Å². The highest BCUT2D eigenvalue weighted by Crippen LogP contribution is 2.16. The lowest BCUT2D eigenvalue weighted by atomic mass is 10.1. The van der Waals surface area contributed by atoms with Gasteiger partial charge in [0.25, 0.3) is 5.91 Å². The third-order valence-electron chi connectivity index (χ3n) is 2.59. The second kappa shape index (κ2) is 7.72. The number of carboxylic acid groups (broad SMARTS) is 1. The van der Waals surface area contributed by atoms with Crippen molar-refractivity contribution in [2.75, 3.05) is 5.32 Å². The summed E-state index contributed by atoms with van der Waals surface area (Å²) in [7, 11) is 0. The summed E-state index contributed by atoms with van der Waals surface area (Å²) in [6.07, 6.45) is 0.654. The summed E-state index contributed by atoms with van der Waals surface area (Å²) in [5.41, 5.74) is 0.0968. The average molecular weight is 313 g/mol. The topological polar surface area (TPSA) is 108 Å². The molecular weight excluding hydrogens is 294 g/mol. The minimum Gasteiger partial charge on any atom is -0.480 e. The smallest absolute Gasteiger partial charge is 0.326 e. The number of carbonyl (C=O) groups is 3. The summed E-state index contributed by atoms with van der Waals surface area (Å²) in [5.74, 6) is -1.59. The number of hydrogen-bond acceptors (Lipinski definition) is 5. The number of anilines is 1. The predicted octanol–water partition coefficient (Wildman–Crippen LogP) is 1.72. The van der Waals surface area contributed by atoms with E-state index in [1.54, 1.807) is 6.92 Å². The molecule has 0 fully saturated rings. The third kappa shape index (κ3) is 5.50. The zero-order chi connectivity index (χ0) is 16.0. The van der Waals surface area contributed by atoms with Crippen LogP contribution in [0.1, 0.15) is 44.1 Å². The van der Waals surface area contributed by atoms with Gasteiger partial charge in [0.2, 0.25) is 5.91 Å². The first-order valence-corrected chi connectivity index (χ1v) is 7.50. The fraction of sp³-hybridized carbons (Fsp3) is 0.538. The van der Waals surface area contributed by atoms with Crippen LogP contribution in [-0.4, -0.2) is 33.9 Å². The van der Waals surface area contributed by atoms with Crippen molar-refractivity contribution in [2.45, 2.75) is 39.7 Å². The lowest BCUT2D eigenvalue weighted by Gasteiger charge is -2.10. The quantitative estimate of drug-likeness (QED) is 0.710. The molecule has 0 saturated heterocycles. The molecule has 21 heavy (non-hydrogen) atoms. The second-order valence-corrected chi connectivity index (χ2v) is 5.81. The van der Waals surface area contributed by atoms with Gasteiger partial charge >= 0.3 is 5.97 Å². The molecule has 116 valence electrons. The molecule has 0 aliphatic rings. The van der Waals surface area contributed by atoms with Gasteiger partial charge in [-0.15, -0.1) is 11.3 Å². The molecule has 0 spiro atoms. The van der Waals surface area contributed by atoms with Crippen LogP contribution in [-0.2, 0) is 9.59 Å². The van der Waals surface area contributed by atoms with Crippen molar-refractivity contribution < 1.29 is 19.5 Å². The Morgan fingerprint density at radius 3 is 2.57 bits per heavy atom. The van der Waals surface area contributed by atoms with Crippen LogP contribution in [0.2, 0.25) is 0 Å². The van der Waals surface area contributed by atoms with Gasteiger partial charge in [-0.05, 0) is 12.3 Å². The standard InChI is InChI=1S/C13H19N3O4S/c1-4-8(12(19)20)14-11(18)9-6-21-13(15-9)16-10(17)5-7(2)3/h6-8H,4-5H2,1-3H3,(H,14,18)(H,19,20)(H,15,16,17). The molecule has 7 nitrogen and oxygen atoms in total. The molecule has 0 aliphatic carbocycles. The van der Waals surface area contributed by atoms with Gasteiger partial charge in [-0.3, -0.25) is 9.59 Å². The Morgan fingerprint density at radius 1 is 1.38 bits per heavy atom. The monoisotopic (exact) mass is 313 g/mol. The lowest BCUT2D eigenvalue weighted by Crippen LogP contribution is -2.40. The summed E-state index contributed by atoms with van der Waals surface area (Å²) < 4.78 is 0. The fourth-order valence-electron chi connectivity index (χ4n) is 1.55. The summed E-state index contributed by atoms with van der Waals surface area (Å²) in [4.78, 5) is 38.3. The zero-order valence-electron chi connectivity index (χ0n) is 12.2. The SMILES string of the molecule is CCC(NC(=O)c1csc(NC(=O)CC(C)C)n1)C(=O)O. The van der Waals surface area contributed by atoms with E-state index < -0.39 is 17.9 Å². The maximum absolute atomic E-state index is 11.9. The molecule has 0 bridgehead atoms. The molecule has 1 rings (SSSR count). The molecule has 1 unspecified atom stereocenters. The van der Waals surface area contributed by atoms with Crippen LogP contribution >= 0.6 is 11.3 Å². The van der Waals surface area contributed by atoms with E-state index in [2.05, 4.69) is 15.6 Å². The zero-order valence-corrected chi connectivity index (χ0v) is 13.0. The van der Waals surface area contributed by atoms with Crippen molar-refractivity contribution >= 4 is 34.3 Å². The summed E-state index contributed by atoms with van der Waals surface area (Å²) in [5, 5.41) is 15.7. The molecule has 0 aliphatic heterocycles. The Hall–Kier alpha value is -1.96. The summed E-state index contributed by atoms with van der Waals surface area (Å²) in [6, 6.07) is -0.946. The van der Waals surface area contributed by atoms with Gasteiger partial charge in [-0.2, -0.15) is 0 Å². The number of rotatable bonds is 7. The first kappa shape index (κ1) is 17.1. The largest absolute Gasteiger partial charge is 0.480 e. The van der Waals surface area contributed by atoms with Crippen LogP contribution in [0.4, 0.5) is 5.13 Å². The minimum absolute atomic E-state index is 0.0968. The maximum Gasteiger partial charge on any atom is 0.326 e. The molecule has 3 N–H and O–H groups in total. The van der Waals surface area contributed by atoms with Crippen molar-refractivity contribution in [2.24, 2.45) is 5.92 Å². The van der Waals surface area contributed by atoms with Crippen LogP contribution < -0.4 is 10.6 Å². The number of hydrogen-bond donors (Lipinski definition) is 3. The Morgan fingerprint density at radius 2 is 2.05 bits per heavy atom. The Bertz CT molecular complexity index is 527. The first-order valence-electron chi connectivity index (χ1n) is 6.62. The molecule has 2 amide bonds. The van der Waals surface area contributed by atoms with E-state index in [0.29, 0.717) is 11.6 Å². The Kier molecular flexibility index (Phi) is 6.29. The van der Waals surface area contributed by atoms with Gasteiger partial charge in [0.15, 0.2) is 5.13 Å². The van der Waals surface area contributed by atoms with E-state index in [1.165, 1.54) is 5.38 Å². The van der Waals surface area contributed by atoms with Crippen molar-refractivity contribution in [1.29, 1.82) is 0 Å². The molecule has 0 aromatic carbocycles. The molecule has 0 radical (unpaired) electrons. The summed E-state index contributed by atoms with van der Waals surface area (Å²) >= 11 is 1.13. The van der Waals surface area contributed by atoms with Crippen LogP contribution in [0.15, 0.2) is 5.38 Å². The van der Waals surface area contributed by atoms with E-state index in [1.807, 2.05) is 13.8 Å². The van der Waals surface area contributed by atoms with Gasteiger partial charge in [0.05, 0.1) is 0 Å². The maximum atomic E-state index is 11.9. The van der Waals surface area contributed by atoms with Crippen LogP contribution in [0, 0.1) is 5.92 Å². The van der Waals surface area contributed by atoms with E-state index in [0.717, 1.165) is 11.3 Å². The number of thiazole rings is 1. The highest BCUT2D eigenvalue weighted by Gasteiger charge is 2.20. The van der Waals surface area contributed by atoms with E-state index in [-0.39, 0.29) is 23.9 Å². The van der Waals surface area contributed by atoms with Crippen LogP contribution in [0.5, 0.6) is 0 Å². The molecule has 1 aromatic heterocycles. The van der Waals surface area contributed by atoms with Crippen LogP contribution in [0.3, 0.4) is 0 Å². The predicted molar refractivity (Wildman–Crippen MR) is 79.4 cm³/mol. The number of nitrogens with zero attached hydrogens (tertiary/aromatic N) is 1. The average Bonchev–Trinajstić information content (AvgIpc) is 2.82. The number of amides is 2. The van der Waals surface area contributed by atoms with Crippen molar-refractivity contribution in [1.82, 2.24) is 10.3 Å². The minimum atomic E-state index is -1.09. The van der Waals surface area contributed by atoms with Crippen LogP contribution in [0.25, 0.3) is 0 Å². The molecule has 1 heterocycles. The number of aromatic nitrogens is 1. The molecule has 1 atom stereocenters. The number of aliphatic carboxylic acids is 1. The summed E-state index contributed by atoms with van der Waals surface area (Å²) in [6.45, 7) is 5.52. The van der Waals surface area contributed by atoms with Gasteiger partial charge in [-0.1, -0.05) is 20.8 Å². The van der Waals surface area contributed by atoms with E-state index >= 15 is 0 Å². The van der Waals surface area contributed by atoms with E-state index in [4.69, 9.17) is 5.11 Å². The third-order valence-corrected chi connectivity index (χ3v) is 3.35. The highest BCUT2D eigenvalue weighted by molar-refractivity contribution is 7.14. The van der Waals surface area contributed by atoms with Gasteiger partial charge in [-0.25, -0.2) is 9.78 Å². The fourth-order valence-corrected chi connectivity index (χ4v) is 2.25.